The van der Waals surface area contributed by atoms with Gasteiger partial charge < -0.3 is 15.7 Å². The molecular weight excluding hydrogens is 372 g/mol. The van der Waals surface area contributed by atoms with Crippen molar-refractivity contribution in [2.75, 3.05) is 26.2 Å². The molecule has 150 valence electrons. The summed E-state index contributed by atoms with van der Waals surface area (Å²) in [4.78, 5) is 6.89. The highest BCUT2D eigenvalue weighted by Crippen LogP contribution is 2.18. The van der Waals surface area contributed by atoms with Crippen LogP contribution < -0.4 is 10.6 Å². The minimum atomic E-state index is -0.463. The zero-order chi connectivity index (χ0) is 19.8. The average molecular weight is 401 g/mol. The molecule has 1 aliphatic heterocycles. The Kier molecular flexibility index (Phi) is 7.71. The first-order valence-corrected chi connectivity index (χ1v) is 10.3. The van der Waals surface area contributed by atoms with Crippen LogP contribution in [-0.2, 0) is 19.5 Å². The van der Waals surface area contributed by atoms with E-state index in [1.807, 2.05) is 31.2 Å². The fraction of sp³-hybridized carbons (Fsp3) is 0.409. The minimum Gasteiger partial charge on any atom is -0.390 e. The van der Waals surface area contributed by atoms with Crippen LogP contribution in [0.25, 0.3) is 0 Å². The largest absolute Gasteiger partial charge is 0.390 e. The van der Waals surface area contributed by atoms with Crippen LogP contribution in [0, 0.1) is 0 Å². The van der Waals surface area contributed by atoms with Crippen LogP contribution in [0.5, 0.6) is 0 Å². The highest BCUT2D eigenvalue weighted by molar-refractivity contribution is 6.31. The van der Waals surface area contributed by atoms with Gasteiger partial charge in [0, 0.05) is 37.7 Å². The number of nitrogens with zero attached hydrogens (tertiary/aromatic N) is 2. The van der Waals surface area contributed by atoms with Gasteiger partial charge >= 0.3 is 0 Å². The van der Waals surface area contributed by atoms with E-state index in [-0.39, 0.29) is 0 Å². The lowest BCUT2D eigenvalue weighted by molar-refractivity contribution is 0.108. The van der Waals surface area contributed by atoms with Crippen molar-refractivity contribution in [1.82, 2.24) is 15.5 Å². The molecule has 1 aliphatic rings. The van der Waals surface area contributed by atoms with Crippen molar-refractivity contribution in [1.29, 1.82) is 0 Å². The number of β-amino-alcohol motifs (C(OH)–C–C–N with tert-alkyl or cyclic N) is 1. The van der Waals surface area contributed by atoms with Crippen LogP contribution in [-0.4, -0.2) is 48.2 Å². The summed E-state index contributed by atoms with van der Waals surface area (Å²) in [6.07, 6.45) is 0.576. The van der Waals surface area contributed by atoms with Gasteiger partial charge in [0.25, 0.3) is 0 Å². The average Bonchev–Trinajstić information content (AvgIpc) is 2.71. The zero-order valence-electron chi connectivity index (χ0n) is 16.4. The third-order valence-corrected chi connectivity index (χ3v) is 5.26. The molecule has 1 heterocycles. The molecule has 0 amide bonds. The van der Waals surface area contributed by atoms with Crippen molar-refractivity contribution in [3.63, 3.8) is 0 Å². The number of aliphatic hydroxyl groups excluding tert-OH is 1. The molecule has 0 spiro atoms. The van der Waals surface area contributed by atoms with Gasteiger partial charge in [-0.05, 0) is 36.1 Å². The van der Waals surface area contributed by atoms with E-state index in [4.69, 9.17) is 11.6 Å². The molecule has 0 bridgehead atoms. The first kappa shape index (κ1) is 20.6. The van der Waals surface area contributed by atoms with Gasteiger partial charge in [0.05, 0.1) is 12.6 Å². The molecular formula is C22H29ClN4O. The summed E-state index contributed by atoms with van der Waals surface area (Å²) in [5.41, 5.74) is 3.77. The van der Waals surface area contributed by atoms with Crippen LogP contribution >= 0.6 is 11.6 Å². The number of benzene rings is 2. The Balaban J connectivity index is 1.49. The molecule has 0 saturated heterocycles. The first-order chi connectivity index (χ1) is 13.7. The van der Waals surface area contributed by atoms with Crippen LogP contribution in [0.15, 0.2) is 53.5 Å². The number of hydrogen-bond donors (Lipinski definition) is 3. The third kappa shape index (κ3) is 5.96. The highest BCUT2D eigenvalue weighted by Gasteiger charge is 2.18. The predicted octanol–water partition coefficient (Wildman–Crippen LogP) is 2.81. The number of hydrogen-bond acceptors (Lipinski definition) is 3. The maximum Gasteiger partial charge on any atom is 0.191 e. The molecule has 0 radical (unpaired) electrons. The van der Waals surface area contributed by atoms with Crippen molar-refractivity contribution in [3.05, 3.63) is 70.2 Å². The summed E-state index contributed by atoms with van der Waals surface area (Å²) in [6, 6.07) is 16.3. The van der Waals surface area contributed by atoms with Crippen molar-refractivity contribution in [3.8, 4) is 0 Å². The lowest BCUT2D eigenvalue weighted by Crippen LogP contribution is -2.45. The molecule has 1 atom stereocenters. The molecule has 0 aromatic heterocycles. The van der Waals surface area contributed by atoms with E-state index >= 15 is 0 Å². The predicted molar refractivity (Wildman–Crippen MR) is 116 cm³/mol. The molecule has 1 unspecified atom stereocenters. The number of halogens is 1. The van der Waals surface area contributed by atoms with E-state index in [9.17, 15) is 5.11 Å². The molecule has 28 heavy (non-hydrogen) atoms. The third-order valence-electron chi connectivity index (χ3n) is 4.89. The van der Waals surface area contributed by atoms with E-state index in [0.29, 0.717) is 30.6 Å². The van der Waals surface area contributed by atoms with Gasteiger partial charge in [-0.25, -0.2) is 4.99 Å². The van der Waals surface area contributed by atoms with E-state index in [0.717, 1.165) is 31.6 Å². The number of rotatable bonds is 7. The summed E-state index contributed by atoms with van der Waals surface area (Å²) < 4.78 is 0. The summed E-state index contributed by atoms with van der Waals surface area (Å²) in [5.74, 6) is 0.686. The quantitative estimate of drug-likeness (QED) is 0.494. The molecule has 6 heteroatoms. The Hall–Kier alpha value is -2.08. The maximum atomic E-state index is 10.5. The van der Waals surface area contributed by atoms with E-state index in [1.165, 1.54) is 11.1 Å². The second-order valence-corrected chi connectivity index (χ2v) is 7.48. The van der Waals surface area contributed by atoms with Gasteiger partial charge in [-0.1, -0.05) is 54.1 Å². The summed E-state index contributed by atoms with van der Waals surface area (Å²) in [6.45, 7) is 6.25. The standard InChI is InChI=1S/C22H29ClN4O/c1-2-24-22(25-13-18-8-5-6-10-21(18)23)26-14-20(28)16-27-12-11-17-7-3-4-9-19(17)15-27/h3-10,20,28H,2,11-16H2,1H3,(H2,24,25,26). The highest BCUT2D eigenvalue weighted by atomic mass is 35.5. The van der Waals surface area contributed by atoms with Crippen LogP contribution in [0.3, 0.4) is 0 Å². The van der Waals surface area contributed by atoms with Crippen molar-refractivity contribution in [2.45, 2.75) is 32.5 Å². The SMILES string of the molecule is CCNC(=NCc1ccccc1Cl)NCC(O)CN1CCc2ccccc2C1. The van der Waals surface area contributed by atoms with Crippen LogP contribution in [0.1, 0.15) is 23.6 Å². The lowest BCUT2D eigenvalue weighted by Gasteiger charge is -2.30. The Labute approximate surface area is 172 Å². The molecule has 0 fully saturated rings. The van der Waals surface area contributed by atoms with Gasteiger partial charge in [-0.2, -0.15) is 0 Å². The fourth-order valence-corrected chi connectivity index (χ4v) is 3.62. The van der Waals surface area contributed by atoms with E-state index < -0.39 is 6.10 Å². The molecule has 5 nitrogen and oxygen atoms in total. The van der Waals surface area contributed by atoms with Gasteiger partial charge in [0.2, 0.25) is 0 Å². The Morgan fingerprint density at radius 3 is 2.68 bits per heavy atom. The summed E-state index contributed by atoms with van der Waals surface area (Å²) in [5, 5.41) is 17.7. The van der Waals surface area contributed by atoms with Crippen molar-refractivity contribution in [2.24, 2.45) is 4.99 Å². The number of aliphatic imine (C=N–C) groups is 1. The van der Waals surface area contributed by atoms with Gasteiger partial charge in [-0.15, -0.1) is 0 Å². The topological polar surface area (TPSA) is 59.9 Å². The number of guanidine groups is 1. The maximum absolute atomic E-state index is 10.5. The monoisotopic (exact) mass is 400 g/mol. The van der Waals surface area contributed by atoms with Crippen LogP contribution in [0.2, 0.25) is 5.02 Å². The van der Waals surface area contributed by atoms with E-state index in [2.05, 4.69) is 44.8 Å². The summed E-state index contributed by atoms with van der Waals surface area (Å²) >= 11 is 6.20. The van der Waals surface area contributed by atoms with Crippen LogP contribution in [0.4, 0.5) is 0 Å². The molecule has 0 aliphatic carbocycles. The molecule has 3 N–H and O–H groups in total. The number of nitrogens with one attached hydrogen (secondary N) is 2. The van der Waals surface area contributed by atoms with Gasteiger partial charge in [0.15, 0.2) is 5.96 Å². The minimum absolute atomic E-state index is 0.451. The number of fused-ring (bicyclic) bond motifs is 1. The van der Waals surface area contributed by atoms with Gasteiger partial charge in [-0.3, -0.25) is 4.90 Å². The molecule has 0 saturated carbocycles. The second-order valence-electron chi connectivity index (χ2n) is 7.08. The zero-order valence-corrected chi connectivity index (χ0v) is 17.1. The first-order valence-electron chi connectivity index (χ1n) is 9.88. The Morgan fingerprint density at radius 2 is 1.89 bits per heavy atom. The fourth-order valence-electron chi connectivity index (χ4n) is 3.42. The lowest BCUT2D eigenvalue weighted by atomic mass is 10.00. The normalized spacial score (nSPS) is 15.8. The van der Waals surface area contributed by atoms with Crippen molar-refractivity contribution < 1.29 is 5.11 Å². The van der Waals surface area contributed by atoms with E-state index in [1.54, 1.807) is 0 Å². The van der Waals surface area contributed by atoms with Gasteiger partial charge in [0.1, 0.15) is 0 Å². The molecule has 2 aromatic carbocycles. The Morgan fingerprint density at radius 1 is 1.14 bits per heavy atom. The molecule has 2 aromatic rings. The Bertz CT molecular complexity index is 796. The second kappa shape index (κ2) is 10.5. The number of aliphatic hydroxyl groups is 1. The summed E-state index contributed by atoms with van der Waals surface area (Å²) in [7, 11) is 0. The smallest absolute Gasteiger partial charge is 0.191 e. The van der Waals surface area contributed by atoms with Crippen molar-refractivity contribution >= 4 is 17.6 Å². The molecule has 3 rings (SSSR count).